The molecule has 0 spiro atoms. The van der Waals surface area contributed by atoms with Crippen LogP contribution in [-0.4, -0.2) is 15.0 Å². The van der Waals surface area contributed by atoms with Crippen molar-refractivity contribution in [1.29, 1.82) is 0 Å². The third kappa shape index (κ3) is 1.90. The maximum atomic E-state index is 4.75. The lowest BCUT2D eigenvalue weighted by atomic mass is 10.1. The van der Waals surface area contributed by atoms with E-state index in [0.717, 1.165) is 44.1 Å². The minimum atomic E-state index is 0.941. The van der Waals surface area contributed by atoms with Crippen LogP contribution < -0.4 is 0 Å². The Bertz CT molecular complexity index is 1170. The summed E-state index contributed by atoms with van der Waals surface area (Å²) in [6, 6.07) is 22.7. The molecule has 3 heteroatoms. The molecule has 3 heterocycles. The van der Waals surface area contributed by atoms with E-state index in [2.05, 4.69) is 40.3 Å². The van der Waals surface area contributed by atoms with Gasteiger partial charge in [0.2, 0.25) is 0 Å². The molecule has 0 fully saturated rings. The normalized spacial score (nSPS) is 11.5. The summed E-state index contributed by atoms with van der Waals surface area (Å²) in [6.45, 7) is 0. The molecule has 0 aliphatic carbocycles. The molecule has 3 aromatic heterocycles. The summed E-state index contributed by atoms with van der Waals surface area (Å²) < 4.78 is 0. The van der Waals surface area contributed by atoms with Crippen LogP contribution in [0, 0.1) is 0 Å². The van der Waals surface area contributed by atoms with Crippen molar-refractivity contribution in [2.75, 3.05) is 0 Å². The second kappa shape index (κ2) is 4.65. The van der Waals surface area contributed by atoms with Crippen molar-refractivity contribution >= 4 is 32.8 Å². The van der Waals surface area contributed by atoms with Crippen molar-refractivity contribution in [1.82, 2.24) is 15.0 Å². The molecule has 23 heavy (non-hydrogen) atoms. The fourth-order valence-corrected chi connectivity index (χ4v) is 3.09. The van der Waals surface area contributed by atoms with Crippen molar-refractivity contribution in [2.24, 2.45) is 0 Å². The summed E-state index contributed by atoms with van der Waals surface area (Å²) in [6.07, 6.45) is 1.90. The Hall–Kier alpha value is -3.20. The molecule has 0 aliphatic heterocycles. The third-order valence-corrected chi connectivity index (χ3v) is 4.23. The SMILES string of the molecule is c1ccc2nc(-c3cnc4c(c3)[nH]c3ccccc34)ccc2c1. The van der Waals surface area contributed by atoms with Crippen molar-refractivity contribution in [2.45, 2.75) is 0 Å². The number of aromatic amines is 1. The van der Waals surface area contributed by atoms with Gasteiger partial charge in [0.1, 0.15) is 0 Å². The van der Waals surface area contributed by atoms with E-state index in [-0.39, 0.29) is 0 Å². The van der Waals surface area contributed by atoms with Crippen LogP contribution in [0.1, 0.15) is 0 Å². The number of para-hydroxylation sites is 2. The Labute approximate surface area is 132 Å². The second-order valence-electron chi connectivity index (χ2n) is 5.68. The molecule has 0 aliphatic rings. The van der Waals surface area contributed by atoms with Crippen molar-refractivity contribution < 1.29 is 0 Å². The summed E-state index contributed by atoms with van der Waals surface area (Å²) in [5.41, 5.74) is 6.12. The molecule has 108 valence electrons. The molecule has 0 atom stereocenters. The van der Waals surface area contributed by atoms with Crippen LogP contribution >= 0.6 is 0 Å². The number of hydrogen-bond donors (Lipinski definition) is 1. The molecule has 1 N–H and O–H groups in total. The van der Waals surface area contributed by atoms with Crippen LogP contribution in [-0.2, 0) is 0 Å². The van der Waals surface area contributed by atoms with Crippen LogP contribution in [0.5, 0.6) is 0 Å². The number of nitrogens with one attached hydrogen (secondary N) is 1. The Morgan fingerprint density at radius 1 is 0.783 bits per heavy atom. The third-order valence-electron chi connectivity index (χ3n) is 4.23. The Balaban J connectivity index is 1.73. The molecule has 5 rings (SSSR count). The molecule has 3 nitrogen and oxygen atoms in total. The Morgan fingerprint density at radius 2 is 1.65 bits per heavy atom. The van der Waals surface area contributed by atoms with E-state index in [1.807, 2.05) is 42.6 Å². The van der Waals surface area contributed by atoms with E-state index < -0.39 is 0 Å². The predicted octanol–water partition coefficient (Wildman–Crippen LogP) is 4.93. The number of rotatable bonds is 1. The standard InChI is InChI=1S/C20H13N3/c1-3-7-16-13(5-1)9-10-17(22-16)14-11-19-20(21-12-14)15-6-2-4-8-18(15)23-19/h1-12,23H. The fraction of sp³-hybridized carbons (Fsp3) is 0. The zero-order valence-corrected chi connectivity index (χ0v) is 12.3. The number of pyridine rings is 2. The minimum Gasteiger partial charge on any atom is -0.353 e. The summed E-state index contributed by atoms with van der Waals surface area (Å²) in [5.74, 6) is 0. The summed E-state index contributed by atoms with van der Waals surface area (Å²) >= 11 is 0. The van der Waals surface area contributed by atoms with Crippen LogP contribution in [0.2, 0.25) is 0 Å². The molecule has 0 amide bonds. The van der Waals surface area contributed by atoms with Gasteiger partial charge >= 0.3 is 0 Å². The van der Waals surface area contributed by atoms with Gasteiger partial charge in [0.25, 0.3) is 0 Å². The molecule has 2 aromatic carbocycles. The lowest BCUT2D eigenvalue weighted by molar-refractivity contribution is 1.35. The van der Waals surface area contributed by atoms with Gasteiger partial charge in [-0.3, -0.25) is 4.98 Å². The fourth-order valence-electron chi connectivity index (χ4n) is 3.09. The van der Waals surface area contributed by atoms with E-state index in [0.29, 0.717) is 0 Å². The van der Waals surface area contributed by atoms with E-state index in [1.54, 1.807) is 0 Å². The first-order valence-electron chi connectivity index (χ1n) is 7.61. The van der Waals surface area contributed by atoms with E-state index in [4.69, 9.17) is 4.98 Å². The Kier molecular flexibility index (Phi) is 2.50. The van der Waals surface area contributed by atoms with Gasteiger partial charge in [-0.1, -0.05) is 42.5 Å². The van der Waals surface area contributed by atoms with Crippen molar-refractivity contribution in [3.63, 3.8) is 0 Å². The summed E-state index contributed by atoms with van der Waals surface area (Å²) in [5, 5.41) is 2.30. The van der Waals surface area contributed by atoms with E-state index >= 15 is 0 Å². The predicted molar refractivity (Wildman–Crippen MR) is 94.3 cm³/mol. The largest absolute Gasteiger partial charge is 0.353 e. The van der Waals surface area contributed by atoms with Crippen molar-refractivity contribution in [3.8, 4) is 11.3 Å². The van der Waals surface area contributed by atoms with Crippen LogP contribution in [0.25, 0.3) is 44.1 Å². The number of H-pyrrole nitrogens is 1. The minimum absolute atomic E-state index is 0.941. The van der Waals surface area contributed by atoms with Gasteiger partial charge in [-0.2, -0.15) is 0 Å². The average molecular weight is 295 g/mol. The van der Waals surface area contributed by atoms with Crippen LogP contribution in [0.4, 0.5) is 0 Å². The Morgan fingerprint density at radius 3 is 2.65 bits per heavy atom. The first-order chi connectivity index (χ1) is 11.4. The number of benzene rings is 2. The maximum Gasteiger partial charge on any atom is 0.0958 e. The van der Waals surface area contributed by atoms with E-state index in [9.17, 15) is 0 Å². The smallest absolute Gasteiger partial charge is 0.0958 e. The van der Waals surface area contributed by atoms with Gasteiger partial charge in [-0.05, 0) is 24.3 Å². The van der Waals surface area contributed by atoms with Gasteiger partial charge < -0.3 is 4.98 Å². The van der Waals surface area contributed by atoms with Gasteiger partial charge in [0, 0.05) is 28.0 Å². The molecule has 0 saturated carbocycles. The summed E-state index contributed by atoms with van der Waals surface area (Å²) in [4.78, 5) is 12.8. The first kappa shape index (κ1) is 12.4. The van der Waals surface area contributed by atoms with Gasteiger partial charge in [0.15, 0.2) is 0 Å². The molecule has 0 saturated heterocycles. The lowest BCUT2D eigenvalue weighted by Gasteiger charge is -2.03. The maximum absolute atomic E-state index is 4.75. The molecular weight excluding hydrogens is 282 g/mol. The van der Waals surface area contributed by atoms with E-state index in [1.165, 1.54) is 0 Å². The van der Waals surface area contributed by atoms with Crippen LogP contribution in [0.15, 0.2) is 72.9 Å². The van der Waals surface area contributed by atoms with Gasteiger partial charge in [-0.15, -0.1) is 0 Å². The lowest BCUT2D eigenvalue weighted by Crippen LogP contribution is -1.86. The highest BCUT2D eigenvalue weighted by molar-refractivity contribution is 6.05. The highest BCUT2D eigenvalue weighted by atomic mass is 14.8. The molecule has 5 aromatic rings. The zero-order chi connectivity index (χ0) is 15.2. The monoisotopic (exact) mass is 295 g/mol. The van der Waals surface area contributed by atoms with Gasteiger partial charge in [0.05, 0.1) is 22.2 Å². The molecule has 0 bridgehead atoms. The summed E-state index contributed by atoms with van der Waals surface area (Å²) in [7, 11) is 0. The highest BCUT2D eigenvalue weighted by Crippen LogP contribution is 2.27. The number of aromatic nitrogens is 3. The first-order valence-corrected chi connectivity index (χ1v) is 7.61. The second-order valence-corrected chi connectivity index (χ2v) is 5.68. The van der Waals surface area contributed by atoms with Crippen LogP contribution in [0.3, 0.4) is 0 Å². The molecular formula is C20H13N3. The molecule has 0 radical (unpaired) electrons. The zero-order valence-electron chi connectivity index (χ0n) is 12.3. The number of hydrogen-bond acceptors (Lipinski definition) is 2. The topological polar surface area (TPSA) is 41.6 Å². The molecule has 0 unspecified atom stereocenters. The number of nitrogens with zero attached hydrogens (tertiary/aromatic N) is 2. The quantitative estimate of drug-likeness (QED) is 0.476. The van der Waals surface area contributed by atoms with Crippen molar-refractivity contribution in [3.05, 3.63) is 72.9 Å². The number of fused-ring (bicyclic) bond motifs is 4. The highest BCUT2D eigenvalue weighted by Gasteiger charge is 2.08. The average Bonchev–Trinajstić information content (AvgIpc) is 2.99. The van der Waals surface area contributed by atoms with Gasteiger partial charge in [-0.25, -0.2) is 4.98 Å².